The number of ketones is 1. The smallest absolute Gasteiger partial charge is 0.261 e. The van der Waals surface area contributed by atoms with Crippen molar-refractivity contribution in [1.82, 2.24) is 4.90 Å². The molecule has 0 unspecified atom stereocenters. The van der Waals surface area contributed by atoms with E-state index in [-0.39, 0.29) is 37.3 Å². The number of amides is 2. The van der Waals surface area contributed by atoms with E-state index in [9.17, 15) is 14.4 Å². The maximum atomic E-state index is 12.6. The summed E-state index contributed by atoms with van der Waals surface area (Å²) in [6.45, 7) is 5.63. The molecule has 0 heterocycles. The molecule has 160 valence electrons. The van der Waals surface area contributed by atoms with Crippen molar-refractivity contribution in [2.75, 3.05) is 38.7 Å². The van der Waals surface area contributed by atoms with Gasteiger partial charge in [-0.25, -0.2) is 0 Å². The van der Waals surface area contributed by atoms with E-state index in [1.165, 1.54) is 18.9 Å². The largest absolute Gasteiger partial charge is 0.484 e. The van der Waals surface area contributed by atoms with Crippen molar-refractivity contribution in [3.8, 4) is 5.75 Å². The second-order valence-corrected chi connectivity index (χ2v) is 6.97. The van der Waals surface area contributed by atoms with Gasteiger partial charge in [-0.2, -0.15) is 0 Å². The molecule has 0 aliphatic rings. The van der Waals surface area contributed by atoms with Crippen LogP contribution in [0, 0.1) is 13.8 Å². The van der Waals surface area contributed by atoms with Crippen molar-refractivity contribution in [2.24, 2.45) is 0 Å². The highest BCUT2D eigenvalue weighted by molar-refractivity contribution is 5.95. The van der Waals surface area contributed by atoms with Gasteiger partial charge in [-0.15, -0.1) is 0 Å². The van der Waals surface area contributed by atoms with Crippen LogP contribution in [0.2, 0.25) is 0 Å². The quantitative estimate of drug-likeness (QED) is 0.607. The van der Waals surface area contributed by atoms with Crippen LogP contribution >= 0.6 is 0 Å². The first-order valence-electron chi connectivity index (χ1n) is 9.68. The molecule has 2 amide bonds. The molecule has 1 N–H and O–H groups in total. The lowest BCUT2D eigenvalue weighted by atomic mass is 10.1. The summed E-state index contributed by atoms with van der Waals surface area (Å²) < 4.78 is 10.6. The molecule has 0 fully saturated rings. The lowest BCUT2D eigenvalue weighted by Crippen LogP contribution is -2.42. The Morgan fingerprint density at radius 2 is 1.73 bits per heavy atom. The van der Waals surface area contributed by atoms with Gasteiger partial charge in [0.1, 0.15) is 12.3 Å². The number of hydrogen-bond acceptors (Lipinski definition) is 5. The third-order valence-corrected chi connectivity index (χ3v) is 4.75. The average Bonchev–Trinajstić information content (AvgIpc) is 2.73. The first kappa shape index (κ1) is 23.1. The summed E-state index contributed by atoms with van der Waals surface area (Å²) in [7, 11) is 1.53. The van der Waals surface area contributed by atoms with Gasteiger partial charge in [-0.05, 0) is 62.2 Å². The van der Waals surface area contributed by atoms with E-state index in [4.69, 9.17) is 9.47 Å². The number of nitrogens with zero attached hydrogens (tertiary/aromatic N) is 1. The molecule has 0 aliphatic carbocycles. The van der Waals surface area contributed by atoms with Gasteiger partial charge in [-0.1, -0.05) is 12.1 Å². The minimum Gasteiger partial charge on any atom is -0.484 e. The summed E-state index contributed by atoms with van der Waals surface area (Å²) in [4.78, 5) is 37.9. The van der Waals surface area contributed by atoms with E-state index in [1.807, 2.05) is 32.0 Å². The fourth-order valence-corrected chi connectivity index (χ4v) is 2.77. The molecular formula is C23H28N2O5. The Morgan fingerprint density at radius 3 is 2.37 bits per heavy atom. The van der Waals surface area contributed by atoms with E-state index in [1.54, 1.807) is 24.3 Å². The minimum absolute atomic E-state index is 0.0433. The fourth-order valence-electron chi connectivity index (χ4n) is 2.77. The van der Waals surface area contributed by atoms with Gasteiger partial charge in [0.05, 0.1) is 6.61 Å². The van der Waals surface area contributed by atoms with Crippen LogP contribution in [-0.2, 0) is 14.3 Å². The summed E-state index contributed by atoms with van der Waals surface area (Å²) in [5, 5.41) is 2.86. The molecule has 0 aromatic heterocycles. The molecule has 2 aromatic rings. The monoisotopic (exact) mass is 412 g/mol. The van der Waals surface area contributed by atoms with Gasteiger partial charge in [0.15, 0.2) is 12.4 Å². The zero-order valence-corrected chi connectivity index (χ0v) is 17.9. The Hall–Kier alpha value is -3.19. The molecule has 0 saturated heterocycles. The van der Waals surface area contributed by atoms with Crippen molar-refractivity contribution in [3.63, 3.8) is 0 Å². The van der Waals surface area contributed by atoms with Gasteiger partial charge in [-0.3, -0.25) is 14.4 Å². The second-order valence-electron chi connectivity index (χ2n) is 6.97. The van der Waals surface area contributed by atoms with Crippen LogP contribution in [0.3, 0.4) is 0 Å². The summed E-state index contributed by atoms with van der Waals surface area (Å²) in [6, 6.07) is 12.2. The highest BCUT2D eigenvalue weighted by Crippen LogP contribution is 2.18. The van der Waals surface area contributed by atoms with Gasteiger partial charge in [0, 0.05) is 24.9 Å². The number of carbonyl (C=O) groups is 3. The lowest BCUT2D eigenvalue weighted by Gasteiger charge is -2.22. The van der Waals surface area contributed by atoms with E-state index in [0.29, 0.717) is 17.9 Å². The number of hydrogen-bond donors (Lipinski definition) is 1. The van der Waals surface area contributed by atoms with Crippen LogP contribution in [-0.4, -0.2) is 55.9 Å². The first-order chi connectivity index (χ1) is 14.3. The second kappa shape index (κ2) is 11.1. The zero-order chi connectivity index (χ0) is 22.1. The van der Waals surface area contributed by atoms with Crippen molar-refractivity contribution in [2.45, 2.75) is 20.8 Å². The lowest BCUT2D eigenvalue weighted by molar-refractivity contribution is -0.137. The van der Waals surface area contributed by atoms with Crippen molar-refractivity contribution >= 4 is 23.3 Å². The van der Waals surface area contributed by atoms with E-state index >= 15 is 0 Å². The molecule has 0 aliphatic heterocycles. The predicted molar refractivity (Wildman–Crippen MR) is 115 cm³/mol. The minimum atomic E-state index is -0.334. The molecule has 2 rings (SSSR count). The number of Topliss-reactive ketones (excluding diaryl/α,β-unsaturated/α-hetero) is 1. The number of aryl methyl sites for hydroxylation is 1. The van der Waals surface area contributed by atoms with Crippen molar-refractivity contribution in [1.29, 1.82) is 0 Å². The number of rotatable bonds is 10. The van der Waals surface area contributed by atoms with Gasteiger partial charge in [0.2, 0.25) is 5.91 Å². The third kappa shape index (κ3) is 6.70. The molecule has 30 heavy (non-hydrogen) atoms. The first-order valence-corrected chi connectivity index (χ1v) is 9.68. The summed E-state index contributed by atoms with van der Waals surface area (Å²) >= 11 is 0. The molecule has 0 bridgehead atoms. The fraction of sp³-hybridized carbons (Fsp3) is 0.348. The molecule has 7 heteroatoms. The maximum Gasteiger partial charge on any atom is 0.261 e. The Kier molecular flexibility index (Phi) is 8.55. The van der Waals surface area contributed by atoms with Gasteiger partial charge in [0.25, 0.3) is 5.91 Å². The zero-order valence-electron chi connectivity index (χ0n) is 17.9. The normalized spacial score (nSPS) is 10.4. The molecule has 7 nitrogen and oxygen atoms in total. The van der Waals surface area contributed by atoms with E-state index in [0.717, 1.165) is 16.8 Å². The van der Waals surface area contributed by atoms with Crippen LogP contribution in [0.1, 0.15) is 28.4 Å². The molecule has 0 spiro atoms. The average molecular weight is 412 g/mol. The molecule has 0 atom stereocenters. The summed E-state index contributed by atoms with van der Waals surface area (Å²) in [5.74, 6) is -0.198. The van der Waals surface area contributed by atoms with Crippen LogP contribution < -0.4 is 10.1 Å². The Balaban J connectivity index is 1.97. The van der Waals surface area contributed by atoms with Gasteiger partial charge < -0.3 is 19.7 Å². The Labute approximate surface area is 177 Å². The topological polar surface area (TPSA) is 84.9 Å². The molecule has 0 saturated carbocycles. The van der Waals surface area contributed by atoms with Crippen LogP contribution in [0.5, 0.6) is 5.75 Å². The summed E-state index contributed by atoms with van der Waals surface area (Å²) in [5.41, 5.74) is 3.35. The number of methoxy groups -OCH3 is 1. The Bertz CT molecular complexity index is 893. The standard InChI is InChI=1S/C23H28N2O5/c1-16-6-5-7-21(17(16)2)24-22(27)14-25(12-13-29-4)23(28)15-30-20-10-8-19(9-11-20)18(3)26/h5-11H,12-15H2,1-4H3,(H,24,27). The van der Waals surface area contributed by atoms with Crippen LogP contribution in [0.15, 0.2) is 42.5 Å². The van der Waals surface area contributed by atoms with E-state index < -0.39 is 0 Å². The number of nitrogens with one attached hydrogen (secondary N) is 1. The SMILES string of the molecule is COCCN(CC(=O)Nc1cccc(C)c1C)C(=O)COc1ccc(C(C)=O)cc1. The number of ether oxygens (including phenoxy) is 2. The molecular weight excluding hydrogens is 384 g/mol. The van der Waals surface area contributed by atoms with Crippen LogP contribution in [0.25, 0.3) is 0 Å². The van der Waals surface area contributed by atoms with Crippen molar-refractivity contribution < 1.29 is 23.9 Å². The van der Waals surface area contributed by atoms with E-state index in [2.05, 4.69) is 5.32 Å². The number of carbonyl (C=O) groups excluding carboxylic acids is 3. The molecule has 2 aromatic carbocycles. The van der Waals surface area contributed by atoms with Gasteiger partial charge >= 0.3 is 0 Å². The van der Waals surface area contributed by atoms with Crippen LogP contribution in [0.4, 0.5) is 5.69 Å². The highest BCUT2D eigenvalue weighted by Gasteiger charge is 2.18. The Morgan fingerprint density at radius 1 is 1.03 bits per heavy atom. The number of anilines is 1. The summed E-state index contributed by atoms with van der Waals surface area (Å²) in [6.07, 6.45) is 0. The predicted octanol–water partition coefficient (Wildman–Crippen LogP) is 3.00. The third-order valence-electron chi connectivity index (χ3n) is 4.75. The number of benzene rings is 2. The molecule has 0 radical (unpaired) electrons. The van der Waals surface area contributed by atoms with Crippen molar-refractivity contribution in [3.05, 3.63) is 59.2 Å². The maximum absolute atomic E-state index is 12.6. The highest BCUT2D eigenvalue weighted by atomic mass is 16.5.